The first kappa shape index (κ1) is 26.1. The number of hydrogen-bond donors (Lipinski definition) is 1. The molecule has 11 heteroatoms. The van der Waals surface area contributed by atoms with Crippen molar-refractivity contribution in [2.24, 2.45) is 0 Å². The number of esters is 2. The Kier molecular flexibility index (Phi) is 6.69. The highest BCUT2D eigenvalue weighted by Crippen LogP contribution is 2.44. The van der Waals surface area contributed by atoms with Gasteiger partial charge < -0.3 is 19.3 Å². The van der Waals surface area contributed by atoms with Crippen LogP contribution in [-0.4, -0.2) is 54.0 Å². The van der Waals surface area contributed by atoms with Gasteiger partial charge in [0.25, 0.3) is 5.78 Å². The molecule has 3 aromatic rings. The van der Waals surface area contributed by atoms with Crippen LogP contribution in [0.25, 0.3) is 5.76 Å². The standard InChI is InChI=1S/C28H24N2O8S/c1-13-11-18-12-17(9-10-19(18)38-13)22(31)20-21(15-5-7-16(8-6-15)26(34)36-3)30(25(33)23(20)32)28-29-14(2)24(39-28)27(35)37-4/h5-10,12-13,21,31H,11H2,1-4H3/b22-20+/t13-,21+/m0/s1. The second-order valence-corrected chi connectivity index (χ2v) is 10.1. The zero-order valence-electron chi connectivity index (χ0n) is 21.5. The van der Waals surface area contributed by atoms with Crippen molar-refractivity contribution in [1.82, 2.24) is 4.98 Å². The lowest BCUT2D eigenvalue weighted by Gasteiger charge is -2.23. The van der Waals surface area contributed by atoms with Gasteiger partial charge in [-0.25, -0.2) is 14.6 Å². The summed E-state index contributed by atoms with van der Waals surface area (Å²) in [5, 5.41) is 11.5. The molecule has 1 fully saturated rings. The minimum absolute atomic E-state index is 0.0200. The molecule has 2 atom stereocenters. The molecule has 5 rings (SSSR count). The van der Waals surface area contributed by atoms with Crippen molar-refractivity contribution in [3.63, 3.8) is 0 Å². The summed E-state index contributed by atoms with van der Waals surface area (Å²) in [4.78, 5) is 56.8. The molecule has 3 heterocycles. The Morgan fingerprint density at radius 2 is 1.72 bits per heavy atom. The van der Waals surface area contributed by atoms with Crippen LogP contribution in [0.4, 0.5) is 5.13 Å². The van der Waals surface area contributed by atoms with Gasteiger partial charge in [-0.3, -0.25) is 14.5 Å². The van der Waals surface area contributed by atoms with Crippen LogP contribution in [0.15, 0.2) is 48.0 Å². The highest BCUT2D eigenvalue weighted by atomic mass is 32.1. The minimum atomic E-state index is -1.09. The number of nitrogens with zero attached hydrogens (tertiary/aromatic N) is 2. The van der Waals surface area contributed by atoms with Crippen LogP contribution in [-0.2, 0) is 25.5 Å². The number of aryl methyl sites for hydroxylation is 1. The van der Waals surface area contributed by atoms with Crippen LogP contribution in [0.1, 0.15) is 55.4 Å². The number of aromatic nitrogens is 1. The zero-order chi connectivity index (χ0) is 28.0. The molecule has 0 unspecified atom stereocenters. The molecule has 200 valence electrons. The Morgan fingerprint density at radius 1 is 1.05 bits per heavy atom. The van der Waals surface area contributed by atoms with Crippen molar-refractivity contribution in [3.05, 3.63) is 80.9 Å². The molecule has 39 heavy (non-hydrogen) atoms. The SMILES string of the molecule is COC(=O)c1ccc([C@@H]2/C(=C(\O)c3ccc4c(c3)C[C@H](C)O4)C(=O)C(=O)N2c2nc(C)c(C(=O)OC)s2)cc1. The molecule has 2 aliphatic heterocycles. The third-order valence-electron chi connectivity index (χ3n) is 6.62. The summed E-state index contributed by atoms with van der Waals surface area (Å²) >= 11 is 0.904. The molecular weight excluding hydrogens is 524 g/mol. The van der Waals surface area contributed by atoms with Gasteiger partial charge >= 0.3 is 17.8 Å². The molecule has 1 aromatic heterocycles. The number of carbonyl (C=O) groups is 4. The van der Waals surface area contributed by atoms with E-state index >= 15 is 0 Å². The van der Waals surface area contributed by atoms with Crippen molar-refractivity contribution >= 4 is 45.9 Å². The second kappa shape index (κ2) is 9.99. The normalized spacial score (nSPS) is 19.5. The Balaban J connectivity index is 1.68. The predicted octanol–water partition coefficient (Wildman–Crippen LogP) is 3.97. The van der Waals surface area contributed by atoms with Gasteiger partial charge in [-0.2, -0.15) is 0 Å². The summed E-state index contributed by atoms with van der Waals surface area (Å²) in [7, 11) is 2.50. The number of rotatable bonds is 5. The van der Waals surface area contributed by atoms with Crippen molar-refractivity contribution in [3.8, 4) is 5.75 Å². The Morgan fingerprint density at radius 3 is 2.38 bits per heavy atom. The number of fused-ring (bicyclic) bond motifs is 1. The van der Waals surface area contributed by atoms with Gasteiger partial charge in [0.1, 0.15) is 22.5 Å². The molecule has 10 nitrogen and oxygen atoms in total. The zero-order valence-corrected chi connectivity index (χ0v) is 22.3. The quantitative estimate of drug-likeness (QED) is 0.218. The monoisotopic (exact) mass is 548 g/mol. The number of ketones is 1. The van der Waals surface area contributed by atoms with Crippen LogP contribution >= 0.6 is 11.3 Å². The number of ether oxygens (including phenoxy) is 3. The second-order valence-electron chi connectivity index (χ2n) is 9.14. The van der Waals surface area contributed by atoms with E-state index in [9.17, 15) is 24.3 Å². The third-order valence-corrected chi connectivity index (χ3v) is 7.76. The highest BCUT2D eigenvalue weighted by molar-refractivity contribution is 7.17. The number of hydrogen-bond acceptors (Lipinski definition) is 10. The van der Waals surface area contributed by atoms with E-state index in [0.29, 0.717) is 29.0 Å². The number of amides is 1. The third kappa shape index (κ3) is 4.44. The number of methoxy groups -OCH3 is 2. The average molecular weight is 549 g/mol. The van der Waals surface area contributed by atoms with E-state index in [0.717, 1.165) is 21.8 Å². The molecule has 2 aliphatic rings. The van der Waals surface area contributed by atoms with E-state index in [1.807, 2.05) is 6.92 Å². The molecule has 0 spiro atoms. The Bertz CT molecular complexity index is 1560. The van der Waals surface area contributed by atoms with Gasteiger partial charge in [0.05, 0.1) is 37.1 Å². The van der Waals surface area contributed by atoms with Gasteiger partial charge in [0, 0.05) is 12.0 Å². The molecule has 1 N–H and O–H groups in total. The maximum absolute atomic E-state index is 13.5. The Hall–Kier alpha value is -4.51. The first-order chi connectivity index (χ1) is 18.6. The van der Waals surface area contributed by atoms with E-state index in [-0.39, 0.29) is 33.0 Å². The number of aliphatic hydroxyl groups is 1. The number of thiazole rings is 1. The molecular formula is C28H24N2O8S. The van der Waals surface area contributed by atoms with Crippen molar-refractivity contribution in [2.45, 2.75) is 32.4 Å². The molecule has 0 aliphatic carbocycles. The summed E-state index contributed by atoms with van der Waals surface area (Å²) in [6, 6.07) is 10.1. The smallest absolute Gasteiger partial charge is 0.350 e. The minimum Gasteiger partial charge on any atom is -0.507 e. The number of anilines is 1. The first-order valence-electron chi connectivity index (χ1n) is 12.0. The van der Waals surface area contributed by atoms with E-state index in [4.69, 9.17) is 14.2 Å². The molecule has 0 saturated carbocycles. The predicted molar refractivity (Wildman–Crippen MR) is 141 cm³/mol. The van der Waals surface area contributed by atoms with Gasteiger partial charge in [-0.05, 0) is 55.3 Å². The fourth-order valence-corrected chi connectivity index (χ4v) is 5.77. The van der Waals surface area contributed by atoms with E-state index < -0.39 is 29.7 Å². The van der Waals surface area contributed by atoms with Crippen LogP contribution < -0.4 is 9.64 Å². The van der Waals surface area contributed by atoms with Crippen LogP contribution in [0.3, 0.4) is 0 Å². The van der Waals surface area contributed by atoms with Crippen LogP contribution in [0.5, 0.6) is 5.75 Å². The lowest BCUT2D eigenvalue weighted by molar-refractivity contribution is -0.132. The number of aliphatic hydroxyl groups excluding tert-OH is 1. The highest BCUT2D eigenvalue weighted by Gasteiger charge is 2.48. The van der Waals surface area contributed by atoms with Gasteiger partial charge in [-0.1, -0.05) is 23.5 Å². The number of carbonyl (C=O) groups excluding carboxylic acids is 4. The van der Waals surface area contributed by atoms with Gasteiger partial charge in [0.2, 0.25) is 0 Å². The molecule has 2 aromatic carbocycles. The fraction of sp³-hybridized carbons (Fsp3) is 0.250. The van der Waals surface area contributed by atoms with Crippen molar-refractivity contribution in [2.75, 3.05) is 19.1 Å². The lowest BCUT2D eigenvalue weighted by atomic mass is 9.94. The topological polar surface area (TPSA) is 132 Å². The maximum Gasteiger partial charge on any atom is 0.350 e. The summed E-state index contributed by atoms with van der Waals surface area (Å²) in [5.74, 6) is -2.66. The number of benzene rings is 2. The summed E-state index contributed by atoms with van der Waals surface area (Å²) in [6.45, 7) is 3.53. The molecule has 0 bridgehead atoms. The van der Waals surface area contributed by atoms with Crippen LogP contribution in [0, 0.1) is 6.92 Å². The maximum atomic E-state index is 13.5. The Labute approximate surface area is 227 Å². The van der Waals surface area contributed by atoms with E-state index in [2.05, 4.69) is 4.98 Å². The number of Topliss-reactive ketones (excluding diaryl/α,β-unsaturated/α-hetero) is 1. The van der Waals surface area contributed by atoms with E-state index in [1.165, 1.54) is 26.4 Å². The van der Waals surface area contributed by atoms with Crippen molar-refractivity contribution in [1.29, 1.82) is 0 Å². The molecule has 1 saturated heterocycles. The summed E-state index contributed by atoms with van der Waals surface area (Å²) in [6.07, 6.45) is 0.617. The lowest BCUT2D eigenvalue weighted by Crippen LogP contribution is -2.29. The molecule has 0 radical (unpaired) electrons. The largest absolute Gasteiger partial charge is 0.507 e. The van der Waals surface area contributed by atoms with E-state index in [1.54, 1.807) is 37.3 Å². The summed E-state index contributed by atoms with van der Waals surface area (Å²) in [5.41, 5.74) is 2.11. The summed E-state index contributed by atoms with van der Waals surface area (Å²) < 4.78 is 15.3. The van der Waals surface area contributed by atoms with Gasteiger partial charge in [0.15, 0.2) is 5.13 Å². The molecule has 1 amide bonds. The van der Waals surface area contributed by atoms with Gasteiger partial charge in [-0.15, -0.1) is 0 Å². The first-order valence-corrected chi connectivity index (χ1v) is 12.8. The average Bonchev–Trinajstić information content (AvgIpc) is 3.59. The van der Waals surface area contributed by atoms with Crippen molar-refractivity contribution < 1.29 is 38.5 Å². The fourth-order valence-electron chi connectivity index (χ4n) is 4.76. The van der Waals surface area contributed by atoms with Crippen LogP contribution in [0.2, 0.25) is 0 Å².